The zero-order valence-electron chi connectivity index (χ0n) is 13.5. The van der Waals surface area contributed by atoms with E-state index in [1.807, 2.05) is 9.97 Å². The highest BCUT2D eigenvalue weighted by atomic mass is 16.6. The van der Waals surface area contributed by atoms with Gasteiger partial charge in [-0.1, -0.05) is 0 Å². The van der Waals surface area contributed by atoms with E-state index in [0.717, 1.165) is 6.21 Å². The Morgan fingerprint density at radius 2 is 1.77 bits per heavy atom. The fourth-order valence-electron chi connectivity index (χ4n) is 2.51. The predicted octanol–water partition coefficient (Wildman–Crippen LogP) is -0.382. The van der Waals surface area contributed by atoms with Crippen LogP contribution in [0.5, 0.6) is 5.88 Å². The maximum absolute atomic E-state index is 12.0. The largest absolute Gasteiger partial charge is 0.494 e. The second-order valence-electron chi connectivity index (χ2n) is 5.42. The molecule has 0 bridgehead atoms. The average molecular weight is 360 g/mol. The monoisotopic (exact) mass is 360 g/mol. The van der Waals surface area contributed by atoms with Gasteiger partial charge in [0.2, 0.25) is 5.88 Å². The number of aromatic hydroxyl groups is 1. The predicted molar refractivity (Wildman–Crippen MR) is 91.4 cm³/mol. The highest BCUT2D eigenvalue weighted by Crippen LogP contribution is 2.31. The number of nitro benzene ring substituents is 1. The van der Waals surface area contributed by atoms with Crippen LogP contribution in [0.3, 0.4) is 0 Å². The fraction of sp³-hybridized carbons (Fsp3) is 0.143. The van der Waals surface area contributed by atoms with Crippen LogP contribution < -0.4 is 16.9 Å². The molecule has 3 N–H and O–H groups in total. The van der Waals surface area contributed by atoms with Crippen LogP contribution in [-0.4, -0.2) is 35.3 Å². The first-order valence-electron chi connectivity index (χ1n) is 7.14. The number of hydrogen-bond donors (Lipinski definition) is 3. The molecule has 12 heteroatoms. The van der Waals surface area contributed by atoms with Gasteiger partial charge in [-0.15, -0.1) is 0 Å². The van der Waals surface area contributed by atoms with Crippen LogP contribution in [0.4, 0.5) is 11.4 Å². The van der Waals surface area contributed by atoms with Gasteiger partial charge in [-0.25, -0.2) is 14.6 Å². The first-order valence-corrected chi connectivity index (χ1v) is 7.14. The molecule has 2 heterocycles. The molecule has 0 aliphatic carbocycles. The van der Waals surface area contributed by atoms with E-state index in [-0.39, 0.29) is 16.9 Å². The van der Waals surface area contributed by atoms with Gasteiger partial charge in [0, 0.05) is 26.4 Å². The molecule has 1 aromatic carbocycles. The van der Waals surface area contributed by atoms with Gasteiger partial charge in [0.05, 0.1) is 16.0 Å². The number of hydrogen-bond acceptors (Lipinski definition) is 7. The van der Waals surface area contributed by atoms with E-state index in [0.29, 0.717) is 11.0 Å². The summed E-state index contributed by atoms with van der Waals surface area (Å²) < 4.78 is 2.55. The minimum absolute atomic E-state index is 0.131. The van der Waals surface area contributed by atoms with Crippen molar-refractivity contribution >= 4 is 28.6 Å². The number of aryl methyl sites for hydroxylation is 2. The smallest absolute Gasteiger partial charge is 0.328 e. The molecule has 0 aliphatic heterocycles. The number of nitrogens with zero attached hydrogens (tertiary/aromatic N) is 4. The Bertz CT molecular complexity index is 1260. The number of imidazole rings is 1. The van der Waals surface area contributed by atoms with E-state index in [1.165, 1.54) is 35.4 Å². The van der Waals surface area contributed by atoms with Crippen molar-refractivity contribution in [3.8, 4) is 5.88 Å². The van der Waals surface area contributed by atoms with E-state index >= 15 is 0 Å². The van der Waals surface area contributed by atoms with Crippen LogP contribution in [0, 0.1) is 10.1 Å². The topological polar surface area (TPSA) is 168 Å². The second kappa shape index (κ2) is 5.84. The zero-order chi connectivity index (χ0) is 19.2. The number of nitrogens with one attached hydrogen (secondary N) is 2. The Labute approximate surface area is 142 Å². The lowest BCUT2D eigenvalue weighted by Gasteiger charge is -2.01. The first kappa shape index (κ1) is 16.9. The van der Waals surface area contributed by atoms with Crippen LogP contribution in [-0.2, 0) is 14.1 Å². The number of aromatic amines is 2. The number of aromatic nitrogens is 4. The molecule has 12 nitrogen and oxygen atoms in total. The van der Waals surface area contributed by atoms with Crippen molar-refractivity contribution in [1.82, 2.24) is 19.1 Å². The second-order valence-corrected chi connectivity index (χ2v) is 5.42. The van der Waals surface area contributed by atoms with Crippen LogP contribution in [0.15, 0.2) is 31.5 Å². The van der Waals surface area contributed by atoms with Gasteiger partial charge in [-0.3, -0.25) is 34.0 Å². The summed E-state index contributed by atoms with van der Waals surface area (Å²) in [6.07, 6.45) is 0.888. The van der Waals surface area contributed by atoms with Crippen LogP contribution >= 0.6 is 0 Å². The highest BCUT2D eigenvalue weighted by molar-refractivity contribution is 5.89. The number of rotatable bonds is 3. The van der Waals surface area contributed by atoms with E-state index in [1.54, 1.807) is 0 Å². The Hall–Kier alpha value is -3.96. The Morgan fingerprint density at radius 3 is 2.35 bits per heavy atom. The molecule has 0 radical (unpaired) electrons. The highest BCUT2D eigenvalue weighted by Gasteiger charge is 2.19. The third kappa shape index (κ3) is 2.58. The molecule has 3 aromatic rings. The van der Waals surface area contributed by atoms with Crippen molar-refractivity contribution in [1.29, 1.82) is 0 Å². The van der Waals surface area contributed by atoms with Gasteiger partial charge < -0.3 is 5.11 Å². The molecule has 26 heavy (non-hydrogen) atoms. The Kier molecular flexibility index (Phi) is 3.79. The standard InChI is InChI=1S/C14H12N6O6/c1-18-9-3-7(8(20(25)26)4-10(9)19(2)14(18)24)15-5-6-11(21)16-13(23)17-12(6)22/h3-5H,1-2H3,(H3,16,17,21,22,23). The molecule has 3 rings (SSSR count). The minimum atomic E-state index is -0.911. The van der Waals surface area contributed by atoms with Gasteiger partial charge in [0.15, 0.2) is 0 Å². The van der Waals surface area contributed by atoms with E-state index in [4.69, 9.17) is 0 Å². The summed E-state index contributed by atoms with van der Waals surface area (Å²) >= 11 is 0. The van der Waals surface area contributed by atoms with Crippen molar-refractivity contribution in [2.24, 2.45) is 19.1 Å². The normalized spacial score (nSPS) is 11.5. The average Bonchev–Trinajstić information content (AvgIpc) is 2.77. The van der Waals surface area contributed by atoms with E-state index in [2.05, 4.69) is 4.99 Å². The quantitative estimate of drug-likeness (QED) is 0.327. The van der Waals surface area contributed by atoms with Crippen LogP contribution in [0.1, 0.15) is 5.56 Å². The summed E-state index contributed by atoms with van der Waals surface area (Å²) in [4.78, 5) is 53.2. The molecule has 0 fully saturated rings. The lowest BCUT2D eigenvalue weighted by atomic mass is 10.2. The summed E-state index contributed by atoms with van der Waals surface area (Å²) in [6, 6.07) is 2.52. The number of nitro groups is 1. The molecule has 0 unspecified atom stereocenters. The summed E-state index contributed by atoms with van der Waals surface area (Å²) in [5.74, 6) is -0.724. The molecule has 0 spiro atoms. The van der Waals surface area contributed by atoms with Gasteiger partial charge in [0.25, 0.3) is 11.2 Å². The number of aliphatic imine (C=N–C) groups is 1. The van der Waals surface area contributed by atoms with Gasteiger partial charge >= 0.3 is 11.4 Å². The molecule has 2 aromatic heterocycles. The third-order valence-electron chi connectivity index (χ3n) is 3.86. The summed E-state index contributed by atoms with van der Waals surface area (Å²) in [5.41, 5.74) is -2.35. The molecule has 0 saturated carbocycles. The van der Waals surface area contributed by atoms with Crippen molar-refractivity contribution in [3.05, 3.63) is 59.1 Å². The summed E-state index contributed by atoms with van der Waals surface area (Å²) in [6.45, 7) is 0. The third-order valence-corrected chi connectivity index (χ3v) is 3.86. The van der Waals surface area contributed by atoms with Crippen molar-refractivity contribution < 1.29 is 10.0 Å². The molecule has 0 atom stereocenters. The lowest BCUT2D eigenvalue weighted by molar-refractivity contribution is -0.383. The molecule has 0 saturated heterocycles. The van der Waals surface area contributed by atoms with E-state index < -0.39 is 27.7 Å². The van der Waals surface area contributed by atoms with Gasteiger partial charge in [-0.2, -0.15) is 0 Å². The molecular weight excluding hydrogens is 348 g/mol. The maximum atomic E-state index is 12.0. The Morgan fingerprint density at radius 1 is 1.15 bits per heavy atom. The Balaban J connectivity index is 2.25. The number of benzene rings is 1. The van der Waals surface area contributed by atoms with E-state index in [9.17, 15) is 29.6 Å². The minimum Gasteiger partial charge on any atom is -0.494 e. The first-order chi connectivity index (χ1) is 12.2. The molecule has 0 aliphatic rings. The lowest BCUT2D eigenvalue weighted by Crippen LogP contribution is -2.24. The number of H-pyrrole nitrogens is 2. The molecule has 0 amide bonds. The molecular formula is C14H12N6O6. The van der Waals surface area contributed by atoms with Gasteiger partial charge in [-0.05, 0) is 6.07 Å². The van der Waals surface area contributed by atoms with Crippen molar-refractivity contribution in [2.45, 2.75) is 0 Å². The molecule has 134 valence electrons. The van der Waals surface area contributed by atoms with Gasteiger partial charge in [0.1, 0.15) is 11.3 Å². The van der Waals surface area contributed by atoms with Crippen LogP contribution in [0.2, 0.25) is 0 Å². The fourth-order valence-corrected chi connectivity index (χ4v) is 2.51. The van der Waals surface area contributed by atoms with Crippen molar-refractivity contribution in [2.75, 3.05) is 0 Å². The summed E-state index contributed by atoms with van der Waals surface area (Å²) in [5, 5.41) is 21.0. The number of fused-ring (bicyclic) bond motifs is 1. The SMILES string of the molecule is Cn1c(=O)n(C)c2cc([N+](=O)[O-])c(N=Cc3c(O)[nH]c(=O)[nH]c3=O)cc21. The zero-order valence-corrected chi connectivity index (χ0v) is 13.5. The van der Waals surface area contributed by atoms with Crippen molar-refractivity contribution in [3.63, 3.8) is 0 Å². The maximum Gasteiger partial charge on any atom is 0.328 e. The summed E-state index contributed by atoms with van der Waals surface area (Å²) in [7, 11) is 2.98. The van der Waals surface area contributed by atoms with Crippen LogP contribution in [0.25, 0.3) is 11.0 Å².